The Morgan fingerprint density at radius 3 is 2.11 bits per heavy atom. The Labute approximate surface area is 211 Å². The van der Waals surface area contributed by atoms with Crippen LogP contribution in [0.5, 0.6) is 5.75 Å². The van der Waals surface area contributed by atoms with E-state index in [-0.39, 0.29) is 11.8 Å². The molecular formula is C29H39NO4Si. The number of nitrogens with zero attached hydrogens (tertiary/aromatic N) is 1. The number of carbonyl (C=O) groups is 2. The van der Waals surface area contributed by atoms with Gasteiger partial charge >= 0.3 is 0 Å². The van der Waals surface area contributed by atoms with E-state index in [4.69, 9.17) is 9.16 Å². The van der Waals surface area contributed by atoms with Crippen molar-refractivity contribution in [3.63, 3.8) is 0 Å². The van der Waals surface area contributed by atoms with Gasteiger partial charge in [0.15, 0.2) is 6.10 Å². The molecule has 3 rings (SSSR count). The van der Waals surface area contributed by atoms with Gasteiger partial charge < -0.3 is 9.16 Å². The lowest BCUT2D eigenvalue weighted by molar-refractivity contribution is -0.159. The van der Waals surface area contributed by atoms with Crippen molar-refractivity contribution in [1.82, 2.24) is 4.90 Å². The molecule has 1 unspecified atom stereocenters. The highest BCUT2D eigenvalue weighted by Gasteiger charge is 2.58. The molecule has 1 aliphatic heterocycles. The molecule has 0 aromatic heterocycles. The van der Waals surface area contributed by atoms with Crippen molar-refractivity contribution in [1.29, 1.82) is 0 Å². The minimum absolute atomic E-state index is 0.274. The topological polar surface area (TPSA) is 55.8 Å². The minimum atomic E-state index is -2.38. The highest BCUT2D eigenvalue weighted by Crippen LogP contribution is 2.49. The number of hydrogen-bond acceptors (Lipinski definition) is 4. The first-order valence-electron chi connectivity index (χ1n) is 12.6. The van der Waals surface area contributed by atoms with Gasteiger partial charge in [0, 0.05) is 11.1 Å². The molecule has 5 nitrogen and oxygen atoms in total. The number of likely N-dealkylation sites (tertiary alicyclic amines) is 1. The van der Waals surface area contributed by atoms with Gasteiger partial charge in [0.25, 0.3) is 11.8 Å². The fourth-order valence-electron chi connectivity index (χ4n) is 5.56. The maximum Gasteiger partial charge on any atom is 0.261 e. The summed E-state index contributed by atoms with van der Waals surface area (Å²) >= 11 is 0. The second-order valence-electron chi connectivity index (χ2n) is 10.1. The Morgan fingerprint density at radius 1 is 0.971 bits per heavy atom. The van der Waals surface area contributed by atoms with Crippen molar-refractivity contribution >= 4 is 20.1 Å². The third-order valence-electron chi connectivity index (χ3n) is 7.14. The van der Waals surface area contributed by atoms with Crippen molar-refractivity contribution < 1.29 is 18.8 Å². The van der Waals surface area contributed by atoms with Gasteiger partial charge in [-0.05, 0) is 41.2 Å². The molecule has 0 aliphatic carbocycles. The maximum atomic E-state index is 13.6. The molecule has 0 saturated carbocycles. The number of carbonyl (C=O) groups excluding carboxylic acids is 2. The summed E-state index contributed by atoms with van der Waals surface area (Å²) in [5.74, 6) is 0.0769. The van der Waals surface area contributed by atoms with E-state index in [0.717, 1.165) is 5.56 Å². The van der Waals surface area contributed by atoms with Gasteiger partial charge in [-0.1, -0.05) is 84.0 Å². The number of ether oxygens (including phenoxy) is 1. The van der Waals surface area contributed by atoms with Gasteiger partial charge in [0.1, 0.15) is 11.8 Å². The van der Waals surface area contributed by atoms with Crippen LogP contribution in [-0.2, 0) is 9.22 Å². The van der Waals surface area contributed by atoms with E-state index in [1.165, 1.54) is 4.90 Å². The molecule has 6 heteroatoms. The summed E-state index contributed by atoms with van der Waals surface area (Å²) in [7, 11) is -2.38. The Kier molecular flexibility index (Phi) is 8.73. The Balaban J connectivity index is 2.07. The molecule has 0 spiro atoms. The average Bonchev–Trinajstić information content (AvgIpc) is 2.83. The van der Waals surface area contributed by atoms with Crippen molar-refractivity contribution in [2.24, 2.45) is 0 Å². The van der Waals surface area contributed by atoms with Crippen molar-refractivity contribution in [2.45, 2.75) is 76.7 Å². The van der Waals surface area contributed by atoms with Gasteiger partial charge in [0.2, 0.25) is 8.32 Å². The molecule has 1 aliphatic rings. The van der Waals surface area contributed by atoms with Gasteiger partial charge in [-0.3, -0.25) is 14.5 Å². The molecule has 1 saturated heterocycles. The van der Waals surface area contributed by atoms with Gasteiger partial charge in [0.05, 0.1) is 6.61 Å². The van der Waals surface area contributed by atoms with Crippen LogP contribution in [0.4, 0.5) is 0 Å². The number of benzene rings is 2. The predicted molar refractivity (Wildman–Crippen MR) is 143 cm³/mol. The Hall–Kier alpha value is -2.70. The first kappa shape index (κ1) is 26.9. The quantitative estimate of drug-likeness (QED) is 0.112. The smallest absolute Gasteiger partial charge is 0.261 e. The van der Waals surface area contributed by atoms with Gasteiger partial charge in [-0.25, -0.2) is 0 Å². The highest BCUT2D eigenvalue weighted by atomic mass is 28.4. The molecule has 0 N–H and O–H groups in total. The number of amides is 2. The molecule has 35 heavy (non-hydrogen) atoms. The lowest BCUT2D eigenvalue weighted by atomic mass is 9.89. The average molecular weight is 494 g/mol. The van der Waals surface area contributed by atoms with Crippen molar-refractivity contribution in [2.75, 3.05) is 6.61 Å². The van der Waals surface area contributed by atoms with Crippen LogP contribution in [0.3, 0.4) is 0 Å². The number of hydrogen-bond donors (Lipinski definition) is 0. The van der Waals surface area contributed by atoms with Crippen LogP contribution in [0.25, 0.3) is 0 Å². The molecule has 1 fully saturated rings. The molecular weight excluding hydrogens is 454 g/mol. The normalized spacial score (nSPS) is 18.2. The molecule has 0 radical (unpaired) electrons. The van der Waals surface area contributed by atoms with Gasteiger partial charge in [-0.15, -0.1) is 6.58 Å². The summed E-state index contributed by atoms with van der Waals surface area (Å²) in [6, 6.07) is 16.0. The van der Waals surface area contributed by atoms with Gasteiger partial charge in [-0.2, -0.15) is 0 Å². The van der Waals surface area contributed by atoms with Crippen molar-refractivity contribution in [3.8, 4) is 5.75 Å². The number of imide groups is 1. The molecule has 0 bridgehead atoms. The highest BCUT2D eigenvalue weighted by molar-refractivity contribution is 6.77. The summed E-state index contributed by atoms with van der Waals surface area (Å²) in [6.45, 7) is 17.4. The summed E-state index contributed by atoms with van der Waals surface area (Å²) in [5.41, 5.74) is 2.22. The van der Waals surface area contributed by atoms with E-state index in [1.807, 2.05) is 30.3 Å². The molecule has 2 aromatic carbocycles. The predicted octanol–water partition coefficient (Wildman–Crippen LogP) is 6.93. The van der Waals surface area contributed by atoms with Crippen LogP contribution >= 0.6 is 0 Å². The van der Waals surface area contributed by atoms with Crippen LogP contribution in [0, 0.1) is 0 Å². The zero-order chi connectivity index (χ0) is 25.8. The summed E-state index contributed by atoms with van der Waals surface area (Å²) in [5, 5.41) is 0. The number of rotatable bonds is 11. The fourth-order valence-corrected chi connectivity index (χ4v) is 11.0. The molecule has 2 atom stereocenters. The largest absolute Gasteiger partial charge is 0.493 e. The maximum absolute atomic E-state index is 13.6. The lowest BCUT2D eigenvalue weighted by Crippen LogP contribution is -2.66. The Morgan fingerprint density at radius 2 is 1.54 bits per heavy atom. The van der Waals surface area contributed by atoms with Crippen LogP contribution < -0.4 is 4.74 Å². The van der Waals surface area contributed by atoms with E-state index in [1.54, 1.807) is 30.3 Å². The van der Waals surface area contributed by atoms with E-state index in [9.17, 15) is 9.59 Å². The number of β-lactam (4-membered cyclic amide) rings is 1. The molecule has 188 valence electrons. The zero-order valence-corrected chi connectivity index (χ0v) is 22.9. The van der Waals surface area contributed by atoms with E-state index < -0.39 is 20.5 Å². The van der Waals surface area contributed by atoms with E-state index in [2.05, 4.69) is 48.1 Å². The van der Waals surface area contributed by atoms with Crippen LogP contribution in [0.1, 0.15) is 69.9 Å². The lowest BCUT2D eigenvalue weighted by Gasteiger charge is -2.52. The third kappa shape index (κ3) is 5.14. The fraction of sp³-hybridized carbons (Fsp3) is 0.448. The van der Waals surface area contributed by atoms with Crippen LogP contribution in [0.2, 0.25) is 16.6 Å². The summed E-state index contributed by atoms with van der Waals surface area (Å²) in [6.07, 6.45) is 1.79. The van der Waals surface area contributed by atoms with E-state index >= 15 is 0 Å². The first-order chi connectivity index (χ1) is 16.7. The first-order valence-corrected chi connectivity index (χ1v) is 14.7. The second kappa shape index (κ2) is 11.4. The molecule has 2 aromatic rings. The Bertz CT molecular complexity index is 1010. The molecule has 1 heterocycles. The monoisotopic (exact) mass is 493 g/mol. The second-order valence-corrected chi connectivity index (χ2v) is 15.6. The SMILES string of the molecule is C=CCCOc1ccccc1C1[C@@H](O[Si](C(C)C)(C(C)C)C(C)C)C(=O)N1C(=O)c1ccccc1. The minimum Gasteiger partial charge on any atom is -0.493 e. The molecule has 2 amide bonds. The standard InChI is InChI=1S/C29H39NO4Si/c1-8-9-19-33-25-18-14-13-17-24(25)26-27(34-35(20(2)3,21(4)5)22(6)7)29(32)30(26)28(31)23-15-11-10-12-16-23/h8,10-18,20-22,26-27H,1,9,19H2,2-7H3/t26?,27-/m1/s1. The third-order valence-corrected chi connectivity index (χ3v) is 13.2. The van der Waals surface area contributed by atoms with Crippen molar-refractivity contribution in [3.05, 3.63) is 78.4 Å². The van der Waals surface area contributed by atoms with Crippen LogP contribution in [-0.4, -0.2) is 37.7 Å². The zero-order valence-electron chi connectivity index (χ0n) is 21.9. The summed E-state index contributed by atoms with van der Waals surface area (Å²) in [4.78, 5) is 28.5. The van der Waals surface area contributed by atoms with E-state index in [0.29, 0.717) is 41.0 Å². The number of para-hydroxylation sites is 1. The van der Waals surface area contributed by atoms with Crippen LogP contribution in [0.15, 0.2) is 67.3 Å². The summed E-state index contributed by atoms with van der Waals surface area (Å²) < 4.78 is 13.0.